The Balaban J connectivity index is 2.44. The van der Waals surface area contributed by atoms with Gasteiger partial charge in [-0.3, -0.25) is 4.90 Å². The van der Waals surface area contributed by atoms with E-state index in [4.69, 9.17) is 5.73 Å². The number of rotatable bonds is 5. The third-order valence-electron chi connectivity index (χ3n) is 4.80. The van der Waals surface area contributed by atoms with Crippen LogP contribution in [0.4, 0.5) is 0 Å². The minimum absolute atomic E-state index is 0.199. The average molecular weight is 274 g/mol. The lowest BCUT2D eigenvalue weighted by atomic mass is 9.69. The fourth-order valence-corrected chi connectivity index (χ4v) is 4.02. The lowest BCUT2D eigenvalue weighted by Gasteiger charge is -2.48. The van der Waals surface area contributed by atoms with Crippen molar-refractivity contribution in [3.63, 3.8) is 0 Å². The number of likely N-dealkylation sites (N-methyl/N-ethyl adjacent to an activating group) is 1. The van der Waals surface area contributed by atoms with Gasteiger partial charge in [0.1, 0.15) is 0 Å². The van der Waals surface area contributed by atoms with Gasteiger partial charge < -0.3 is 5.73 Å². The molecule has 0 fully saturated rings. The van der Waals surface area contributed by atoms with Gasteiger partial charge in [-0.2, -0.15) is 0 Å². The summed E-state index contributed by atoms with van der Waals surface area (Å²) in [5.41, 5.74) is 9.67. The van der Waals surface area contributed by atoms with Crippen molar-refractivity contribution in [1.29, 1.82) is 0 Å². The van der Waals surface area contributed by atoms with Gasteiger partial charge in [-0.15, -0.1) is 0 Å². The van der Waals surface area contributed by atoms with Crippen LogP contribution in [0.2, 0.25) is 0 Å². The molecule has 2 heteroatoms. The molecule has 1 aromatic carbocycles. The zero-order valence-corrected chi connectivity index (χ0v) is 13.5. The number of hydrogen-bond acceptors (Lipinski definition) is 2. The van der Waals surface area contributed by atoms with Gasteiger partial charge in [0.05, 0.1) is 5.54 Å². The van der Waals surface area contributed by atoms with E-state index in [1.807, 2.05) is 0 Å². The Morgan fingerprint density at radius 2 is 1.90 bits per heavy atom. The highest BCUT2D eigenvalue weighted by Crippen LogP contribution is 2.40. The van der Waals surface area contributed by atoms with Crippen molar-refractivity contribution in [2.45, 2.75) is 58.5 Å². The lowest BCUT2D eigenvalue weighted by molar-refractivity contribution is 0.0961. The number of fused-ring (bicyclic) bond motifs is 1. The van der Waals surface area contributed by atoms with E-state index in [0.717, 1.165) is 25.9 Å². The van der Waals surface area contributed by atoms with Crippen LogP contribution in [0, 0.1) is 5.92 Å². The van der Waals surface area contributed by atoms with Gasteiger partial charge in [0.15, 0.2) is 0 Å². The topological polar surface area (TPSA) is 29.3 Å². The van der Waals surface area contributed by atoms with Crippen LogP contribution in [-0.4, -0.2) is 24.0 Å². The molecule has 112 valence electrons. The van der Waals surface area contributed by atoms with E-state index < -0.39 is 0 Å². The van der Waals surface area contributed by atoms with Crippen molar-refractivity contribution in [3.8, 4) is 0 Å². The minimum Gasteiger partial charge on any atom is -0.320 e. The van der Waals surface area contributed by atoms with E-state index in [2.05, 4.69) is 56.9 Å². The molecule has 2 N–H and O–H groups in total. The van der Waals surface area contributed by atoms with Gasteiger partial charge in [0, 0.05) is 6.04 Å². The molecule has 1 aliphatic carbocycles. The molecule has 0 radical (unpaired) electrons. The Bertz CT molecular complexity index is 437. The molecule has 0 aromatic heterocycles. The molecule has 0 saturated heterocycles. The van der Waals surface area contributed by atoms with Crippen molar-refractivity contribution >= 4 is 0 Å². The molecule has 0 heterocycles. The van der Waals surface area contributed by atoms with Gasteiger partial charge in [-0.25, -0.2) is 0 Å². The summed E-state index contributed by atoms with van der Waals surface area (Å²) in [5, 5.41) is 0. The summed E-state index contributed by atoms with van der Waals surface area (Å²) in [6, 6.07) is 9.27. The quantitative estimate of drug-likeness (QED) is 0.890. The smallest absolute Gasteiger partial charge is 0.0572 e. The third kappa shape index (κ3) is 2.77. The second-order valence-corrected chi connectivity index (χ2v) is 6.57. The largest absolute Gasteiger partial charge is 0.320 e. The van der Waals surface area contributed by atoms with Crippen LogP contribution in [0.5, 0.6) is 0 Å². The molecule has 0 spiro atoms. The SMILES string of the molecule is CCN(CC)C1CCc2ccccc2C1(N)CC(C)C. The molecule has 2 rings (SSSR count). The molecule has 1 aliphatic rings. The maximum absolute atomic E-state index is 7.03. The van der Waals surface area contributed by atoms with E-state index in [9.17, 15) is 0 Å². The van der Waals surface area contributed by atoms with E-state index in [-0.39, 0.29) is 5.54 Å². The van der Waals surface area contributed by atoms with Gasteiger partial charge in [0.2, 0.25) is 0 Å². The predicted molar refractivity (Wildman–Crippen MR) is 86.8 cm³/mol. The first kappa shape index (κ1) is 15.5. The van der Waals surface area contributed by atoms with Crippen molar-refractivity contribution in [3.05, 3.63) is 35.4 Å². The van der Waals surface area contributed by atoms with Crippen molar-refractivity contribution in [2.75, 3.05) is 13.1 Å². The maximum Gasteiger partial charge on any atom is 0.0572 e. The average Bonchev–Trinajstić information content (AvgIpc) is 2.42. The number of nitrogens with two attached hydrogens (primary N) is 1. The zero-order chi connectivity index (χ0) is 14.8. The molecule has 2 atom stereocenters. The van der Waals surface area contributed by atoms with Crippen molar-refractivity contribution in [2.24, 2.45) is 11.7 Å². The van der Waals surface area contributed by atoms with E-state index in [0.29, 0.717) is 12.0 Å². The molecule has 2 nitrogen and oxygen atoms in total. The van der Waals surface area contributed by atoms with Gasteiger partial charge in [0.25, 0.3) is 0 Å². The fourth-order valence-electron chi connectivity index (χ4n) is 4.02. The Kier molecular flexibility index (Phi) is 4.87. The molecule has 2 unspecified atom stereocenters. The fraction of sp³-hybridized carbons (Fsp3) is 0.667. The Morgan fingerprint density at radius 3 is 2.50 bits per heavy atom. The number of hydrogen-bond donors (Lipinski definition) is 1. The van der Waals surface area contributed by atoms with E-state index in [1.54, 1.807) is 0 Å². The Morgan fingerprint density at radius 1 is 1.25 bits per heavy atom. The van der Waals surface area contributed by atoms with Crippen LogP contribution in [-0.2, 0) is 12.0 Å². The first-order valence-corrected chi connectivity index (χ1v) is 8.14. The summed E-state index contributed by atoms with van der Waals surface area (Å²) in [5.74, 6) is 0.615. The maximum atomic E-state index is 7.03. The monoisotopic (exact) mass is 274 g/mol. The normalized spacial score (nSPS) is 26.1. The van der Waals surface area contributed by atoms with Crippen LogP contribution < -0.4 is 5.73 Å². The van der Waals surface area contributed by atoms with E-state index >= 15 is 0 Å². The van der Waals surface area contributed by atoms with E-state index in [1.165, 1.54) is 17.5 Å². The number of benzene rings is 1. The molecule has 20 heavy (non-hydrogen) atoms. The third-order valence-corrected chi connectivity index (χ3v) is 4.80. The summed E-state index contributed by atoms with van der Waals surface area (Å²) in [6.07, 6.45) is 3.40. The van der Waals surface area contributed by atoms with Gasteiger partial charge >= 0.3 is 0 Å². The molecule has 0 amide bonds. The molecular formula is C18H30N2. The second-order valence-electron chi connectivity index (χ2n) is 6.57. The first-order chi connectivity index (χ1) is 9.52. The van der Waals surface area contributed by atoms with Crippen LogP contribution in [0.25, 0.3) is 0 Å². The summed E-state index contributed by atoms with van der Waals surface area (Å²) in [7, 11) is 0. The van der Waals surface area contributed by atoms with Crippen LogP contribution in [0.3, 0.4) is 0 Å². The van der Waals surface area contributed by atoms with Crippen LogP contribution in [0.1, 0.15) is 51.7 Å². The van der Waals surface area contributed by atoms with Gasteiger partial charge in [-0.1, -0.05) is 52.0 Å². The summed E-state index contributed by atoms with van der Waals surface area (Å²) < 4.78 is 0. The molecule has 0 saturated carbocycles. The highest BCUT2D eigenvalue weighted by atomic mass is 15.2. The van der Waals surface area contributed by atoms with Gasteiger partial charge in [-0.05, 0) is 49.4 Å². The second kappa shape index (κ2) is 6.28. The standard InChI is InChI=1S/C18H30N2/c1-5-20(6-2)17-12-11-15-9-7-8-10-16(15)18(17,19)13-14(3)4/h7-10,14,17H,5-6,11-13,19H2,1-4H3. The molecular weight excluding hydrogens is 244 g/mol. The first-order valence-electron chi connectivity index (χ1n) is 8.14. The summed E-state index contributed by atoms with van der Waals surface area (Å²) >= 11 is 0. The highest BCUT2D eigenvalue weighted by molar-refractivity contribution is 5.38. The molecule has 1 aromatic rings. The van der Waals surface area contributed by atoms with Crippen molar-refractivity contribution in [1.82, 2.24) is 4.90 Å². The molecule has 0 aliphatic heterocycles. The van der Waals surface area contributed by atoms with Crippen molar-refractivity contribution < 1.29 is 0 Å². The van der Waals surface area contributed by atoms with Crippen LogP contribution in [0.15, 0.2) is 24.3 Å². The summed E-state index contributed by atoms with van der Waals surface area (Å²) in [6.45, 7) is 11.2. The number of aryl methyl sites for hydroxylation is 1. The summed E-state index contributed by atoms with van der Waals surface area (Å²) in [4.78, 5) is 2.55. The number of nitrogens with zero attached hydrogens (tertiary/aromatic N) is 1. The zero-order valence-electron chi connectivity index (χ0n) is 13.5. The minimum atomic E-state index is -0.199. The Hall–Kier alpha value is -0.860. The lowest BCUT2D eigenvalue weighted by Crippen LogP contribution is -2.59. The Labute approximate surface area is 124 Å². The highest BCUT2D eigenvalue weighted by Gasteiger charge is 2.43. The van der Waals surface area contributed by atoms with Crippen LogP contribution >= 0.6 is 0 Å². The predicted octanol–water partition coefficient (Wildman–Crippen LogP) is 3.54. The molecule has 0 bridgehead atoms.